The summed E-state index contributed by atoms with van der Waals surface area (Å²) in [5, 5.41) is 0. The van der Waals surface area contributed by atoms with Crippen LogP contribution in [0.4, 0.5) is 0 Å². The van der Waals surface area contributed by atoms with Crippen molar-refractivity contribution in [3.63, 3.8) is 0 Å². The van der Waals surface area contributed by atoms with E-state index in [0.717, 1.165) is 6.42 Å². The van der Waals surface area contributed by atoms with E-state index in [1.807, 2.05) is 0 Å². The summed E-state index contributed by atoms with van der Waals surface area (Å²) in [6.07, 6.45) is 0.955. The maximum absolute atomic E-state index is 5.23. The summed E-state index contributed by atoms with van der Waals surface area (Å²) in [6.45, 7) is 8.64. The molecular weight excluding hydrogens is 196 g/mol. The Kier molecular flexibility index (Phi) is 6.10. The Morgan fingerprint density at radius 2 is 1.57 bits per heavy atom. The van der Waals surface area contributed by atoms with Crippen molar-refractivity contribution in [2.45, 2.75) is 45.2 Å². The molecule has 2 unspecified atom stereocenters. The molecule has 0 aliphatic carbocycles. The Labute approximate surface area is 93.8 Å². The summed E-state index contributed by atoms with van der Waals surface area (Å²) in [5.74, 6) is 0.931. The molecule has 0 amide bonds. The Balaban J connectivity index is 4.10. The summed E-state index contributed by atoms with van der Waals surface area (Å²) in [5.41, 5.74) is 0. The summed E-state index contributed by atoms with van der Waals surface area (Å²) in [4.78, 5) is 0. The lowest BCUT2D eigenvalue weighted by Gasteiger charge is -2.30. The molecule has 86 valence electrons. The van der Waals surface area contributed by atoms with Gasteiger partial charge in [-0.25, -0.2) is 0 Å². The van der Waals surface area contributed by atoms with E-state index in [-0.39, 0.29) is 11.0 Å². The zero-order chi connectivity index (χ0) is 11.4. The Bertz CT molecular complexity index is 150. The average Bonchev–Trinajstić information content (AvgIpc) is 2.04. The number of hydrogen-bond acceptors (Lipinski definition) is 3. The first-order valence-corrected chi connectivity index (χ1v) is 5.55. The van der Waals surface area contributed by atoms with Crippen LogP contribution < -0.4 is 0 Å². The van der Waals surface area contributed by atoms with Crippen LogP contribution in [0.15, 0.2) is 0 Å². The Hall–Kier alpha value is 0.270. The minimum absolute atomic E-state index is 0.0558. The first-order chi connectivity index (χ1) is 6.32. The van der Waals surface area contributed by atoms with Gasteiger partial charge >= 0.3 is 0 Å². The van der Waals surface area contributed by atoms with Gasteiger partial charge in [-0.1, -0.05) is 27.7 Å². The maximum Gasteiger partial charge on any atom is 0.159 e. The first-order valence-electron chi connectivity index (χ1n) is 5.10. The molecule has 2 nitrogen and oxygen atoms in total. The van der Waals surface area contributed by atoms with Gasteiger partial charge in [0.05, 0.1) is 0 Å². The number of ether oxygens (including phenoxy) is 2. The molecule has 0 rings (SSSR count). The third kappa shape index (κ3) is 4.67. The molecule has 0 N–H and O–H groups in total. The van der Waals surface area contributed by atoms with Crippen molar-refractivity contribution in [3.05, 3.63) is 0 Å². The second-order valence-electron chi connectivity index (χ2n) is 4.61. The van der Waals surface area contributed by atoms with E-state index in [2.05, 4.69) is 40.3 Å². The van der Waals surface area contributed by atoms with Crippen LogP contribution in [-0.2, 0) is 9.47 Å². The van der Waals surface area contributed by atoms with Gasteiger partial charge in [0, 0.05) is 24.9 Å². The lowest BCUT2D eigenvalue weighted by molar-refractivity contribution is -0.137. The van der Waals surface area contributed by atoms with Crippen molar-refractivity contribution in [1.82, 2.24) is 0 Å². The van der Waals surface area contributed by atoms with Crippen molar-refractivity contribution in [2.75, 3.05) is 14.2 Å². The third-order valence-electron chi connectivity index (χ3n) is 2.86. The van der Waals surface area contributed by atoms with Gasteiger partial charge in [-0.15, -0.1) is 0 Å². The van der Waals surface area contributed by atoms with Crippen LogP contribution in [0.25, 0.3) is 0 Å². The van der Waals surface area contributed by atoms with Gasteiger partial charge in [0.2, 0.25) is 0 Å². The molecular formula is C11H24O2S. The van der Waals surface area contributed by atoms with Gasteiger partial charge in [-0.05, 0) is 12.3 Å². The molecule has 0 aliphatic heterocycles. The molecule has 0 spiro atoms. The maximum atomic E-state index is 5.23. The molecule has 0 aromatic carbocycles. The molecule has 0 radical (unpaired) electrons. The predicted octanol–water partition coefficient (Wildman–Crippen LogP) is 2.98. The smallest absolute Gasteiger partial charge is 0.159 e. The van der Waals surface area contributed by atoms with E-state index >= 15 is 0 Å². The van der Waals surface area contributed by atoms with Crippen LogP contribution in [0.5, 0.6) is 0 Å². The Morgan fingerprint density at radius 1 is 1.14 bits per heavy atom. The van der Waals surface area contributed by atoms with E-state index in [9.17, 15) is 0 Å². The van der Waals surface area contributed by atoms with Gasteiger partial charge in [0.15, 0.2) is 6.29 Å². The van der Waals surface area contributed by atoms with Crippen molar-refractivity contribution in [1.29, 1.82) is 0 Å². The summed E-state index contributed by atoms with van der Waals surface area (Å²) in [7, 11) is 3.36. The van der Waals surface area contributed by atoms with Crippen LogP contribution in [0.2, 0.25) is 0 Å². The lowest BCUT2D eigenvalue weighted by Crippen LogP contribution is -2.29. The van der Waals surface area contributed by atoms with E-state index < -0.39 is 0 Å². The topological polar surface area (TPSA) is 18.5 Å². The molecule has 0 aromatic heterocycles. The predicted molar refractivity (Wildman–Crippen MR) is 63.8 cm³/mol. The van der Waals surface area contributed by atoms with Gasteiger partial charge in [-0.2, -0.15) is 12.6 Å². The third-order valence-corrected chi connectivity index (χ3v) is 3.30. The summed E-state index contributed by atoms with van der Waals surface area (Å²) >= 11 is 4.57. The normalized spacial score (nSPS) is 17.1. The summed E-state index contributed by atoms with van der Waals surface area (Å²) < 4.78 is 10.5. The van der Waals surface area contributed by atoms with E-state index in [1.165, 1.54) is 0 Å². The average molecular weight is 220 g/mol. The molecule has 0 aromatic rings. The highest BCUT2D eigenvalue weighted by Crippen LogP contribution is 2.30. The lowest BCUT2D eigenvalue weighted by atomic mass is 9.87. The number of thiol groups is 1. The number of rotatable bonds is 6. The zero-order valence-electron chi connectivity index (χ0n) is 10.2. The molecule has 0 aliphatic rings. The molecule has 0 bridgehead atoms. The number of methoxy groups -OCH3 is 2. The standard InChI is InChI=1S/C11H24O2S/c1-8(10(12-5)13-6)7-9(2)11(3,4)14/h8-10,14H,7H2,1-6H3. The van der Waals surface area contributed by atoms with Crippen LogP contribution >= 0.6 is 12.6 Å². The Morgan fingerprint density at radius 3 is 1.86 bits per heavy atom. The highest BCUT2D eigenvalue weighted by Gasteiger charge is 2.26. The largest absolute Gasteiger partial charge is 0.356 e. The zero-order valence-corrected chi connectivity index (χ0v) is 11.1. The van der Waals surface area contributed by atoms with Crippen LogP contribution in [-0.4, -0.2) is 25.3 Å². The van der Waals surface area contributed by atoms with Crippen molar-refractivity contribution in [2.24, 2.45) is 11.8 Å². The molecule has 0 heterocycles. The van der Waals surface area contributed by atoms with Crippen molar-refractivity contribution >= 4 is 12.6 Å². The first kappa shape index (κ1) is 14.3. The van der Waals surface area contributed by atoms with Crippen LogP contribution in [0.1, 0.15) is 34.1 Å². The highest BCUT2D eigenvalue weighted by atomic mass is 32.1. The SMILES string of the molecule is COC(OC)C(C)CC(C)C(C)(C)S. The minimum atomic E-state index is -0.104. The molecule has 0 fully saturated rings. The fourth-order valence-electron chi connectivity index (χ4n) is 1.52. The van der Waals surface area contributed by atoms with Crippen molar-refractivity contribution < 1.29 is 9.47 Å². The fraction of sp³-hybridized carbons (Fsp3) is 1.00. The number of hydrogen-bond donors (Lipinski definition) is 1. The molecule has 0 saturated carbocycles. The molecule has 3 heteroatoms. The van der Waals surface area contributed by atoms with Crippen LogP contribution in [0, 0.1) is 11.8 Å². The molecule has 14 heavy (non-hydrogen) atoms. The van der Waals surface area contributed by atoms with Gasteiger partial charge in [0.1, 0.15) is 0 Å². The van der Waals surface area contributed by atoms with Gasteiger partial charge < -0.3 is 9.47 Å². The second kappa shape index (κ2) is 5.99. The monoisotopic (exact) mass is 220 g/mol. The second-order valence-corrected chi connectivity index (χ2v) is 5.76. The van der Waals surface area contributed by atoms with E-state index in [0.29, 0.717) is 11.8 Å². The molecule has 2 atom stereocenters. The van der Waals surface area contributed by atoms with Crippen molar-refractivity contribution in [3.8, 4) is 0 Å². The van der Waals surface area contributed by atoms with Gasteiger partial charge in [-0.3, -0.25) is 0 Å². The summed E-state index contributed by atoms with van der Waals surface area (Å²) in [6, 6.07) is 0. The van der Waals surface area contributed by atoms with Crippen LogP contribution in [0.3, 0.4) is 0 Å². The fourth-order valence-corrected chi connectivity index (χ4v) is 1.62. The van der Waals surface area contributed by atoms with E-state index in [4.69, 9.17) is 9.47 Å². The van der Waals surface area contributed by atoms with E-state index in [1.54, 1.807) is 14.2 Å². The highest BCUT2D eigenvalue weighted by molar-refractivity contribution is 7.81. The quantitative estimate of drug-likeness (QED) is 0.548. The molecule has 0 saturated heterocycles. The minimum Gasteiger partial charge on any atom is -0.356 e. The van der Waals surface area contributed by atoms with Gasteiger partial charge in [0.25, 0.3) is 0 Å².